The SMILES string of the molecule is CNC(=O)N1CCN(c2ncccc2N)CC1. The summed E-state index contributed by atoms with van der Waals surface area (Å²) in [6, 6.07) is 3.63. The van der Waals surface area contributed by atoms with Crippen molar-refractivity contribution in [1.82, 2.24) is 15.2 Å². The van der Waals surface area contributed by atoms with Crippen molar-refractivity contribution in [3.63, 3.8) is 0 Å². The van der Waals surface area contributed by atoms with Gasteiger partial charge in [-0.2, -0.15) is 0 Å². The Balaban J connectivity index is 2.00. The van der Waals surface area contributed by atoms with Crippen molar-refractivity contribution in [2.75, 3.05) is 43.9 Å². The van der Waals surface area contributed by atoms with Crippen LogP contribution in [0.2, 0.25) is 0 Å². The number of rotatable bonds is 1. The molecule has 1 aliphatic rings. The molecule has 17 heavy (non-hydrogen) atoms. The Labute approximate surface area is 100 Å². The number of pyridine rings is 1. The molecule has 0 unspecified atom stereocenters. The molecular formula is C11H17N5O. The summed E-state index contributed by atoms with van der Waals surface area (Å²) in [5, 5.41) is 2.63. The molecule has 0 aliphatic carbocycles. The Bertz CT molecular complexity index is 401. The molecule has 6 heteroatoms. The quantitative estimate of drug-likeness (QED) is 0.725. The lowest BCUT2D eigenvalue weighted by Gasteiger charge is -2.35. The van der Waals surface area contributed by atoms with E-state index in [0.717, 1.165) is 18.9 Å². The van der Waals surface area contributed by atoms with Gasteiger partial charge in [-0.1, -0.05) is 0 Å². The molecule has 92 valence electrons. The van der Waals surface area contributed by atoms with E-state index in [2.05, 4.69) is 15.2 Å². The number of amides is 2. The first-order chi connectivity index (χ1) is 8.22. The lowest BCUT2D eigenvalue weighted by Crippen LogP contribution is -2.51. The average molecular weight is 235 g/mol. The summed E-state index contributed by atoms with van der Waals surface area (Å²) < 4.78 is 0. The number of carbonyl (C=O) groups excluding carboxylic acids is 1. The average Bonchev–Trinajstić information content (AvgIpc) is 2.39. The third-order valence-electron chi connectivity index (χ3n) is 2.90. The smallest absolute Gasteiger partial charge is 0.317 e. The van der Waals surface area contributed by atoms with Crippen LogP contribution in [0.1, 0.15) is 0 Å². The molecule has 1 fully saturated rings. The molecule has 3 N–H and O–H groups in total. The van der Waals surface area contributed by atoms with Gasteiger partial charge in [-0.3, -0.25) is 0 Å². The Morgan fingerprint density at radius 3 is 2.71 bits per heavy atom. The van der Waals surface area contributed by atoms with Gasteiger partial charge in [0, 0.05) is 39.4 Å². The molecule has 1 saturated heterocycles. The molecule has 1 aromatic heterocycles. The van der Waals surface area contributed by atoms with Gasteiger partial charge in [-0.25, -0.2) is 9.78 Å². The number of nitrogen functional groups attached to an aromatic ring is 1. The van der Waals surface area contributed by atoms with Gasteiger partial charge in [0.25, 0.3) is 0 Å². The third kappa shape index (κ3) is 2.41. The van der Waals surface area contributed by atoms with Crippen molar-refractivity contribution >= 4 is 17.5 Å². The Morgan fingerprint density at radius 1 is 1.41 bits per heavy atom. The minimum Gasteiger partial charge on any atom is -0.396 e. The van der Waals surface area contributed by atoms with E-state index >= 15 is 0 Å². The van der Waals surface area contributed by atoms with Crippen molar-refractivity contribution in [2.45, 2.75) is 0 Å². The molecule has 1 aliphatic heterocycles. The van der Waals surface area contributed by atoms with Gasteiger partial charge in [-0.15, -0.1) is 0 Å². The second-order valence-corrected chi connectivity index (χ2v) is 3.95. The van der Waals surface area contributed by atoms with E-state index in [9.17, 15) is 4.79 Å². The van der Waals surface area contributed by atoms with Crippen LogP contribution in [0.5, 0.6) is 0 Å². The summed E-state index contributed by atoms with van der Waals surface area (Å²) in [6.45, 7) is 2.90. The van der Waals surface area contributed by atoms with Crippen molar-refractivity contribution < 1.29 is 4.79 Å². The van der Waals surface area contributed by atoms with Gasteiger partial charge >= 0.3 is 6.03 Å². The summed E-state index contributed by atoms with van der Waals surface area (Å²) in [5.74, 6) is 0.809. The highest BCUT2D eigenvalue weighted by Crippen LogP contribution is 2.20. The molecule has 2 heterocycles. The van der Waals surface area contributed by atoms with Gasteiger partial charge in [0.05, 0.1) is 5.69 Å². The molecule has 2 amide bonds. The molecule has 1 aromatic rings. The number of urea groups is 1. The van der Waals surface area contributed by atoms with Crippen LogP contribution in [0.15, 0.2) is 18.3 Å². The van der Waals surface area contributed by atoms with E-state index in [-0.39, 0.29) is 6.03 Å². The predicted octanol–water partition coefficient (Wildman–Crippen LogP) is 0.125. The maximum absolute atomic E-state index is 11.4. The molecule has 2 rings (SSSR count). The number of aromatic nitrogens is 1. The molecule has 0 bridgehead atoms. The highest BCUT2D eigenvalue weighted by Gasteiger charge is 2.21. The van der Waals surface area contributed by atoms with E-state index in [1.807, 2.05) is 12.1 Å². The second kappa shape index (κ2) is 4.90. The fourth-order valence-corrected chi connectivity index (χ4v) is 1.95. The first-order valence-electron chi connectivity index (χ1n) is 5.64. The van der Waals surface area contributed by atoms with E-state index < -0.39 is 0 Å². The van der Waals surface area contributed by atoms with Crippen molar-refractivity contribution in [3.05, 3.63) is 18.3 Å². The minimum atomic E-state index is -0.0290. The van der Waals surface area contributed by atoms with Crippen LogP contribution >= 0.6 is 0 Å². The van der Waals surface area contributed by atoms with Gasteiger partial charge in [0.15, 0.2) is 5.82 Å². The van der Waals surface area contributed by atoms with E-state index in [4.69, 9.17) is 5.73 Å². The van der Waals surface area contributed by atoms with Crippen molar-refractivity contribution in [2.24, 2.45) is 0 Å². The zero-order valence-corrected chi connectivity index (χ0v) is 9.89. The van der Waals surface area contributed by atoms with E-state index in [1.54, 1.807) is 18.1 Å². The highest BCUT2D eigenvalue weighted by molar-refractivity contribution is 5.74. The molecule has 0 atom stereocenters. The highest BCUT2D eigenvalue weighted by atomic mass is 16.2. The van der Waals surface area contributed by atoms with Gasteiger partial charge < -0.3 is 20.9 Å². The normalized spacial score (nSPS) is 15.8. The number of nitrogens with zero attached hydrogens (tertiary/aromatic N) is 3. The number of nitrogens with one attached hydrogen (secondary N) is 1. The van der Waals surface area contributed by atoms with Crippen LogP contribution in [0.25, 0.3) is 0 Å². The predicted molar refractivity (Wildman–Crippen MR) is 66.9 cm³/mol. The maximum Gasteiger partial charge on any atom is 0.317 e. The molecule has 0 spiro atoms. The number of carbonyl (C=O) groups is 1. The molecular weight excluding hydrogens is 218 g/mol. The van der Waals surface area contributed by atoms with Crippen LogP contribution in [-0.4, -0.2) is 49.1 Å². The summed E-state index contributed by atoms with van der Waals surface area (Å²) in [4.78, 5) is 19.6. The Hall–Kier alpha value is -1.98. The summed E-state index contributed by atoms with van der Waals surface area (Å²) in [6.07, 6.45) is 1.73. The summed E-state index contributed by atoms with van der Waals surface area (Å²) in [5.41, 5.74) is 6.56. The number of hydrogen-bond donors (Lipinski definition) is 2. The second-order valence-electron chi connectivity index (χ2n) is 3.95. The maximum atomic E-state index is 11.4. The van der Waals surface area contributed by atoms with Crippen LogP contribution < -0.4 is 16.0 Å². The standard InChI is InChI=1S/C11H17N5O/c1-13-11(17)16-7-5-15(6-8-16)10-9(12)3-2-4-14-10/h2-4H,5-8,12H2,1H3,(H,13,17). The first-order valence-corrected chi connectivity index (χ1v) is 5.64. The van der Waals surface area contributed by atoms with Crippen LogP contribution in [-0.2, 0) is 0 Å². The summed E-state index contributed by atoms with van der Waals surface area (Å²) in [7, 11) is 1.64. The minimum absolute atomic E-state index is 0.0290. The largest absolute Gasteiger partial charge is 0.396 e. The summed E-state index contributed by atoms with van der Waals surface area (Å²) >= 11 is 0. The lowest BCUT2D eigenvalue weighted by molar-refractivity contribution is 0.196. The Morgan fingerprint density at radius 2 is 2.12 bits per heavy atom. The number of nitrogens with two attached hydrogens (primary N) is 1. The zero-order chi connectivity index (χ0) is 12.3. The number of anilines is 2. The van der Waals surface area contributed by atoms with Crippen LogP contribution in [0, 0.1) is 0 Å². The van der Waals surface area contributed by atoms with Crippen molar-refractivity contribution in [1.29, 1.82) is 0 Å². The lowest BCUT2D eigenvalue weighted by atomic mass is 10.3. The van der Waals surface area contributed by atoms with Gasteiger partial charge in [0.2, 0.25) is 0 Å². The van der Waals surface area contributed by atoms with Gasteiger partial charge in [0.1, 0.15) is 0 Å². The first kappa shape index (κ1) is 11.5. The monoisotopic (exact) mass is 235 g/mol. The number of hydrogen-bond acceptors (Lipinski definition) is 4. The van der Waals surface area contributed by atoms with Gasteiger partial charge in [-0.05, 0) is 12.1 Å². The fourth-order valence-electron chi connectivity index (χ4n) is 1.95. The number of piperazine rings is 1. The molecule has 6 nitrogen and oxygen atoms in total. The third-order valence-corrected chi connectivity index (χ3v) is 2.90. The fraction of sp³-hybridized carbons (Fsp3) is 0.455. The van der Waals surface area contributed by atoms with E-state index in [1.165, 1.54) is 0 Å². The molecule has 0 saturated carbocycles. The molecule has 0 aromatic carbocycles. The Kier molecular flexibility index (Phi) is 3.32. The van der Waals surface area contributed by atoms with Crippen LogP contribution in [0.4, 0.5) is 16.3 Å². The zero-order valence-electron chi connectivity index (χ0n) is 9.89. The van der Waals surface area contributed by atoms with E-state index in [0.29, 0.717) is 18.8 Å². The molecule has 0 radical (unpaired) electrons. The van der Waals surface area contributed by atoms with Crippen molar-refractivity contribution in [3.8, 4) is 0 Å². The van der Waals surface area contributed by atoms with Crippen LogP contribution in [0.3, 0.4) is 0 Å². The topological polar surface area (TPSA) is 74.5 Å².